The molecule has 3 aliphatic rings. The van der Waals surface area contributed by atoms with Crippen LogP contribution >= 0.6 is 0 Å². The Balaban J connectivity index is 1.54. The van der Waals surface area contributed by atoms with Crippen molar-refractivity contribution < 1.29 is 23.4 Å². The number of hydrogen-bond donors (Lipinski definition) is 1. The van der Waals surface area contributed by atoms with E-state index in [9.17, 15) is 18.7 Å². The van der Waals surface area contributed by atoms with Gasteiger partial charge in [0.25, 0.3) is 0 Å². The molecule has 2 aliphatic carbocycles. The molecule has 0 aromatic heterocycles. The Morgan fingerprint density at radius 2 is 1.65 bits per heavy atom. The molecule has 2 aromatic carbocycles. The number of Topliss-reactive ketones (excluding diaryl/α,β-unsaturated/α-hetero) is 1. The third kappa shape index (κ3) is 3.54. The third-order valence-corrected chi connectivity index (χ3v) is 7.38. The van der Waals surface area contributed by atoms with Gasteiger partial charge in [-0.1, -0.05) is 30.7 Å². The van der Waals surface area contributed by atoms with Gasteiger partial charge in [-0.15, -0.1) is 0 Å². The number of aliphatic hydroxyl groups is 1. The molecule has 0 amide bonds. The highest BCUT2D eigenvalue weighted by Gasteiger charge is 2.61. The Hall–Kier alpha value is -2.37. The smallest absolute Gasteiger partial charge is 0.169 e. The predicted octanol–water partition coefficient (Wildman–Crippen LogP) is 5.74. The van der Waals surface area contributed by atoms with Gasteiger partial charge in [0.05, 0.1) is 11.5 Å². The number of fused-ring (bicyclic) bond motifs is 1. The molecule has 1 aliphatic heterocycles. The monoisotopic (exact) mass is 424 g/mol. The van der Waals surface area contributed by atoms with Crippen molar-refractivity contribution in [2.75, 3.05) is 0 Å². The highest BCUT2D eigenvalue weighted by molar-refractivity contribution is 6.06. The number of benzene rings is 2. The lowest BCUT2D eigenvalue weighted by molar-refractivity contribution is -0.323. The fourth-order valence-electron chi connectivity index (χ4n) is 5.75. The van der Waals surface area contributed by atoms with E-state index in [-0.39, 0.29) is 23.3 Å². The SMILES string of the molecule is O=C1/C(=C/c2ccc(F)cc2)CC[C@]12C[C@@H]1CCCC[C@]1(O)O[C@H]2c1ccc(F)cc1. The molecular weight excluding hydrogens is 398 g/mol. The van der Waals surface area contributed by atoms with E-state index in [2.05, 4.69) is 0 Å². The molecule has 0 radical (unpaired) electrons. The van der Waals surface area contributed by atoms with E-state index in [1.165, 1.54) is 24.3 Å². The minimum atomic E-state index is -1.24. The molecule has 4 atom stereocenters. The topological polar surface area (TPSA) is 46.5 Å². The summed E-state index contributed by atoms with van der Waals surface area (Å²) in [6.07, 6.45) is 6.27. The second-order valence-electron chi connectivity index (χ2n) is 9.25. The lowest BCUT2D eigenvalue weighted by Gasteiger charge is -2.53. The second-order valence-corrected chi connectivity index (χ2v) is 9.25. The zero-order chi connectivity index (χ0) is 21.6. The first kappa shape index (κ1) is 20.5. The van der Waals surface area contributed by atoms with Gasteiger partial charge in [-0.05, 0) is 79.1 Å². The van der Waals surface area contributed by atoms with Gasteiger partial charge >= 0.3 is 0 Å². The molecule has 1 N–H and O–H groups in total. The number of hydrogen-bond acceptors (Lipinski definition) is 3. The fourth-order valence-corrected chi connectivity index (χ4v) is 5.75. The molecule has 0 unspecified atom stereocenters. The van der Waals surface area contributed by atoms with E-state index in [1.807, 2.05) is 6.08 Å². The second kappa shape index (κ2) is 7.64. The van der Waals surface area contributed by atoms with Gasteiger partial charge in [0.15, 0.2) is 11.6 Å². The average molecular weight is 424 g/mol. The van der Waals surface area contributed by atoms with E-state index in [0.717, 1.165) is 30.4 Å². The lowest BCUT2D eigenvalue weighted by atomic mass is 9.63. The summed E-state index contributed by atoms with van der Waals surface area (Å²) in [4.78, 5) is 13.8. The largest absolute Gasteiger partial charge is 0.365 e. The number of carbonyl (C=O) groups is 1. The molecule has 2 saturated carbocycles. The first-order chi connectivity index (χ1) is 14.9. The highest BCUT2D eigenvalue weighted by Crippen LogP contribution is 2.60. The van der Waals surface area contributed by atoms with Crippen LogP contribution < -0.4 is 0 Å². The molecule has 1 spiro atoms. The van der Waals surface area contributed by atoms with Crippen molar-refractivity contribution in [3.05, 3.63) is 76.9 Å². The van der Waals surface area contributed by atoms with Crippen molar-refractivity contribution >= 4 is 11.9 Å². The first-order valence-electron chi connectivity index (χ1n) is 11.1. The van der Waals surface area contributed by atoms with Crippen LogP contribution in [0.25, 0.3) is 6.08 Å². The third-order valence-electron chi connectivity index (χ3n) is 7.38. The summed E-state index contributed by atoms with van der Waals surface area (Å²) in [5.41, 5.74) is 1.42. The summed E-state index contributed by atoms with van der Waals surface area (Å²) < 4.78 is 33.2. The van der Waals surface area contributed by atoms with Gasteiger partial charge in [0, 0.05) is 12.3 Å². The lowest BCUT2D eigenvalue weighted by Crippen LogP contribution is -2.55. The Morgan fingerprint density at radius 1 is 0.968 bits per heavy atom. The van der Waals surface area contributed by atoms with Crippen LogP contribution in [0.2, 0.25) is 0 Å². The zero-order valence-electron chi connectivity index (χ0n) is 17.3. The van der Waals surface area contributed by atoms with Crippen molar-refractivity contribution in [3.8, 4) is 0 Å². The number of allylic oxidation sites excluding steroid dienone is 1. The van der Waals surface area contributed by atoms with Crippen LogP contribution in [0.5, 0.6) is 0 Å². The van der Waals surface area contributed by atoms with Crippen LogP contribution in [0.1, 0.15) is 62.2 Å². The minimum absolute atomic E-state index is 0.0266. The van der Waals surface area contributed by atoms with Gasteiger partial charge in [-0.2, -0.15) is 0 Å². The van der Waals surface area contributed by atoms with Gasteiger partial charge in [0.2, 0.25) is 0 Å². The van der Waals surface area contributed by atoms with Crippen LogP contribution in [0, 0.1) is 23.0 Å². The van der Waals surface area contributed by atoms with Crippen molar-refractivity contribution in [2.45, 2.75) is 56.8 Å². The number of ketones is 1. The van der Waals surface area contributed by atoms with Gasteiger partial charge < -0.3 is 9.84 Å². The Kier molecular flexibility index (Phi) is 5.06. The number of carbonyl (C=O) groups excluding carboxylic acids is 1. The molecule has 1 saturated heterocycles. The van der Waals surface area contributed by atoms with E-state index in [1.54, 1.807) is 24.3 Å². The predicted molar refractivity (Wildman–Crippen MR) is 113 cm³/mol. The molecule has 162 valence electrons. The number of halogens is 2. The summed E-state index contributed by atoms with van der Waals surface area (Å²) in [6.45, 7) is 0. The summed E-state index contributed by atoms with van der Waals surface area (Å²) in [6, 6.07) is 12.1. The van der Waals surface area contributed by atoms with E-state index < -0.39 is 17.3 Å². The molecular formula is C26H26F2O3. The first-order valence-corrected chi connectivity index (χ1v) is 11.1. The molecule has 2 aromatic rings. The van der Waals surface area contributed by atoms with Gasteiger partial charge in [-0.3, -0.25) is 4.79 Å². The van der Waals surface area contributed by atoms with E-state index in [4.69, 9.17) is 4.74 Å². The Bertz CT molecular complexity index is 1010. The van der Waals surface area contributed by atoms with E-state index >= 15 is 0 Å². The van der Waals surface area contributed by atoms with Gasteiger partial charge in [0.1, 0.15) is 11.6 Å². The molecule has 1 heterocycles. The maximum Gasteiger partial charge on any atom is 0.169 e. The average Bonchev–Trinajstić information content (AvgIpc) is 3.06. The van der Waals surface area contributed by atoms with Crippen LogP contribution in [0.3, 0.4) is 0 Å². The summed E-state index contributed by atoms with van der Waals surface area (Å²) in [7, 11) is 0. The molecule has 3 nitrogen and oxygen atoms in total. The minimum Gasteiger partial charge on any atom is -0.365 e. The molecule has 3 fully saturated rings. The molecule has 5 rings (SSSR count). The summed E-state index contributed by atoms with van der Waals surface area (Å²) >= 11 is 0. The van der Waals surface area contributed by atoms with E-state index in [0.29, 0.717) is 31.3 Å². The van der Waals surface area contributed by atoms with Crippen molar-refractivity contribution in [2.24, 2.45) is 11.3 Å². The maximum absolute atomic E-state index is 13.8. The standard InChI is InChI=1S/C26H26F2O3/c27-21-8-4-17(5-9-21)15-19-12-14-25(23(19)29)16-20-3-1-2-13-26(20,30)31-24(25)18-6-10-22(28)11-7-18/h4-11,15,20,24,30H,1-3,12-14,16H2/b19-15+/t20-,24-,25-,26-/m0/s1. The Morgan fingerprint density at radius 3 is 2.35 bits per heavy atom. The molecule has 0 bridgehead atoms. The van der Waals surface area contributed by atoms with Crippen molar-refractivity contribution in [1.82, 2.24) is 0 Å². The van der Waals surface area contributed by atoms with Crippen molar-refractivity contribution in [3.63, 3.8) is 0 Å². The quantitative estimate of drug-likeness (QED) is 0.626. The number of rotatable bonds is 2. The zero-order valence-corrected chi connectivity index (χ0v) is 17.3. The normalized spacial score (nSPS) is 34.3. The Labute approximate surface area is 180 Å². The highest BCUT2D eigenvalue weighted by atomic mass is 19.1. The molecule has 31 heavy (non-hydrogen) atoms. The summed E-state index contributed by atoms with van der Waals surface area (Å²) in [5, 5.41) is 11.3. The van der Waals surface area contributed by atoms with Crippen molar-refractivity contribution in [1.29, 1.82) is 0 Å². The van der Waals surface area contributed by atoms with Crippen LogP contribution in [0.4, 0.5) is 8.78 Å². The van der Waals surface area contributed by atoms with Crippen LogP contribution in [-0.2, 0) is 9.53 Å². The number of ether oxygens (including phenoxy) is 1. The molecule has 5 heteroatoms. The maximum atomic E-state index is 13.8. The fraction of sp³-hybridized carbons (Fsp3) is 0.423. The van der Waals surface area contributed by atoms with Crippen LogP contribution in [0.15, 0.2) is 54.1 Å². The summed E-state index contributed by atoms with van der Waals surface area (Å²) in [5.74, 6) is -1.97. The van der Waals surface area contributed by atoms with Gasteiger partial charge in [-0.25, -0.2) is 8.78 Å². The van der Waals surface area contributed by atoms with Crippen LogP contribution in [-0.4, -0.2) is 16.7 Å².